The van der Waals surface area contributed by atoms with E-state index in [2.05, 4.69) is 0 Å². The zero-order valence-electron chi connectivity index (χ0n) is 6.28. The van der Waals surface area contributed by atoms with Gasteiger partial charge in [0.05, 0.1) is 11.8 Å². The van der Waals surface area contributed by atoms with Gasteiger partial charge in [0.15, 0.2) is 0 Å². The largest absolute Gasteiger partial charge is 0.368 e. The molecular formula is C5H12N2O3S. The molecule has 0 aromatic rings. The second-order valence-electron chi connectivity index (χ2n) is 2.43. The molecule has 0 rings (SSSR count). The standard InChI is InChI=1S/C5H12N2O3S/c1-11(9,10)3-2-4(6)5(7)8/h4H,2-3,6H2,1H3,(H2,7,8)/t4-/m0/s1. The van der Waals surface area contributed by atoms with Crippen LogP contribution in [0, 0.1) is 0 Å². The molecular weight excluding hydrogens is 168 g/mol. The normalized spacial score (nSPS) is 14.4. The molecule has 0 fully saturated rings. The average Bonchev–Trinajstić information content (AvgIpc) is 1.80. The van der Waals surface area contributed by atoms with Gasteiger partial charge in [-0.15, -0.1) is 0 Å². The first kappa shape index (κ1) is 10.4. The molecule has 4 N–H and O–H groups in total. The smallest absolute Gasteiger partial charge is 0.234 e. The highest BCUT2D eigenvalue weighted by Crippen LogP contribution is 1.92. The van der Waals surface area contributed by atoms with E-state index in [0.29, 0.717) is 0 Å². The monoisotopic (exact) mass is 180 g/mol. The third-order valence-corrected chi connectivity index (χ3v) is 2.14. The van der Waals surface area contributed by atoms with Crippen molar-refractivity contribution in [1.82, 2.24) is 0 Å². The van der Waals surface area contributed by atoms with Gasteiger partial charge in [0.25, 0.3) is 0 Å². The molecule has 11 heavy (non-hydrogen) atoms. The minimum atomic E-state index is -3.04. The van der Waals surface area contributed by atoms with Crippen LogP contribution in [-0.4, -0.2) is 32.4 Å². The van der Waals surface area contributed by atoms with E-state index in [0.717, 1.165) is 6.26 Å². The summed E-state index contributed by atoms with van der Waals surface area (Å²) < 4.78 is 21.1. The van der Waals surface area contributed by atoms with E-state index in [4.69, 9.17) is 11.5 Å². The highest BCUT2D eigenvalue weighted by molar-refractivity contribution is 7.90. The van der Waals surface area contributed by atoms with Gasteiger partial charge in [-0.2, -0.15) is 0 Å². The summed E-state index contributed by atoms with van der Waals surface area (Å²) in [4.78, 5) is 10.3. The molecule has 0 bridgehead atoms. The summed E-state index contributed by atoms with van der Waals surface area (Å²) in [5.74, 6) is -0.773. The van der Waals surface area contributed by atoms with Crippen LogP contribution in [0.1, 0.15) is 6.42 Å². The summed E-state index contributed by atoms with van der Waals surface area (Å²) in [5.41, 5.74) is 9.99. The summed E-state index contributed by atoms with van der Waals surface area (Å²) >= 11 is 0. The Morgan fingerprint density at radius 3 is 2.27 bits per heavy atom. The Morgan fingerprint density at radius 1 is 1.55 bits per heavy atom. The van der Waals surface area contributed by atoms with Gasteiger partial charge in [0, 0.05) is 6.26 Å². The first-order chi connectivity index (χ1) is 4.83. The van der Waals surface area contributed by atoms with Crippen LogP contribution >= 0.6 is 0 Å². The fraction of sp³-hybridized carbons (Fsp3) is 0.800. The van der Waals surface area contributed by atoms with Crippen molar-refractivity contribution in [2.45, 2.75) is 12.5 Å². The van der Waals surface area contributed by atoms with Crippen molar-refractivity contribution in [3.05, 3.63) is 0 Å². The Balaban J connectivity index is 3.82. The number of carbonyl (C=O) groups is 1. The van der Waals surface area contributed by atoms with Gasteiger partial charge in [0.1, 0.15) is 9.84 Å². The molecule has 66 valence electrons. The maximum atomic E-state index is 10.6. The highest BCUT2D eigenvalue weighted by Gasteiger charge is 2.11. The first-order valence-corrected chi connectivity index (χ1v) is 5.11. The van der Waals surface area contributed by atoms with Gasteiger partial charge in [0.2, 0.25) is 5.91 Å². The van der Waals surface area contributed by atoms with Crippen molar-refractivity contribution in [1.29, 1.82) is 0 Å². The van der Waals surface area contributed by atoms with Gasteiger partial charge in [-0.1, -0.05) is 0 Å². The molecule has 0 aliphatic carbocycles. The summed E-state index contributed by atoms with van der Waals surface area (Å²) in [6, 6.07) is -0.857. The van der Waals surface area contributed by atoms with Crippen molar-refractivity contribution >= 4 is 15.7 Å². The van der Waals surface area contributed by atoms with E-state index in [1.807, 2.05) is 0 Å². The van der Waals surface area contributed by atoms with Crippen LogP contribution in [0.25, 0.3) is 0 Å². The van der Waals surface area contributed by atoms with Crippen molar-refractivity contribution < 1.29 is 13.2 Å². The third kappa shape index (κ3) is 5.81. The highest BCUT2D eigenvalue weighted by atomic mass is 32.2. The summed E-state index contributed by atoms with van der Waals surface area (Å²) in [5, 5.41) is 0. The molecule has 0 aromatic heterocycles. The van der Waals surface area contributed by atoms with Gasteiger partial charge >= 0.3 is 0 Å². The summed E-state index contributed by atoms with van der Waals surface area (Å²) in [6.45, 7) is 0. The Bertz CT molecular complexity index is 234. The molecule has 0 aliphatic rings. The van der Waals surface area contributed by atoms with E-state index >= 15 is 0 Å². The van der Waals surface area contributed by atoms with Crippen LogP contribution in [-0.2, 0) is 14.6 Å². The number of sulfone groups is 1. The molecule has 6 heteroatoms. The lowest BCUT2D eigenvalue weighted by molar-refractivity contribution is -0.119. The summed E-state index contributed by atoms with van der Waals surface area (Å²) in [7, 11) is -3.04. The molecule has 1 amide bonds. The lowest BCUT2D eigenvalue weighted by Gasteiger charge is -2.04. The lowest BCUT2D eigenvalue weighted by Crippen LogP contribution is -2.37. The first-order valence-electron chi connectivity index (χ1n) is 3.05. The van der Waals surface area contributed by atoms with Gasteiger partial charge in [-0.3, -0.25) is 4.79 Å². The van der Waals surface area contributed by atoms with Crippen molar-refractivity contribution in [2.75, 3.05) is 12.0 Å². The Hall–Kier alpha value is -0.620. The number of rotatable bonds is 4. The van der Waals surface area contributed by atoms with E-state index in [9.17, 15) is 13.2 Å². The molecule has 1 atom stereocenters. The van der Waals surface area contributed by atoms with Gasteiger partial charge in [-0.25, -0.2) is 8.42 Å². The summed E-state index contributed by atoms with van der Waals surface area (Å²) in [6.07, 6.45) is 1.18. The van der Waals surface area contributed by atoms with Crippen LogP contribution in [0.15, 0.2) is 0 Å². The topological polar surface area (TPSA) is 103 Å². The molecule has 0 unspecified atom stereocenters. The Morgan fingerprint density at radius 2 is 2.00 bits per heavy atom. The third-order valence-electron chi connectivity index (χ3n) is 1.17. The predicted molar refractivity (Wildman–Crippen MR) is 41.5 cm³/mol. The SMILES string of the molecule is CS(=O)(=O)CC[C@H](N)C(N)=O. The van der Waals surface area contributed by atoms with Crippen molar-refractivity contribution in [3.63, 3.8) is 0 Å². The van der Waals surface area contributed by atoms with E-state index in [-0.39, 0.29) is 12.2 Å². The Labute approximate surface area is 65.7 Å². The maximum absolute atomic E-state index is 10.6. The van der Waals surface area contributed by atoms with Crippen LogP contribution in [0.3, 0.4) is 0 Å². The molecule has 0 saturated carbocycles. The fourth-order valence-corrected chi connectivity index (χ4v) is 1.17. The van der Waals surface area contributed by atoms with Crippen LogP contribution in [0.5, 0.6) is 0 Å². The molecule has 0 saturated heterocycles. The molecule has 0 heterocycles. The fourth-order valence-electron chi connectivity index (χ4n) is 0.483. The minimum Gasteiger partial charge on any atom is -0.368 e. The number of hydrogen-bond donors (Lipinski definition) is 2. The van der Waals surface area contributed by atoms with Crippen LogP contribution in [0.4, 0.5) is 0 Å². The Kier molecular flexibility index (Phi) is 3.47. The van der Waals surface area contributed by atoms with E-state index in [1.54, 1.807) is 0 Å². The maximum Gasteiger partial charge on any atom is 0.234 e. The molecule has 0 spiro atoms. The van der Waals surface area contributed by atoms with Gasteiger partial charge < -0.3 is 11.5 Å². The zero-order chi connectivity index (χ0) is 9.07. The average molecular weight is 180 g/mol. The van der Waals surface area contributed by atoms with Crippen LogP contribution in [0.2, 0.25) is 0 Å². The number of amides is 1. The molecule has 0 aromatic carbocycles. The second-order valence-corrected chi connectivity index (χ2v) is 4.69. The minimum absolute atomic E-state index is 0.0914. The van der Waals surface area contributed by atoms with E-state index in [1.165, 1.54) is 0 Å². The second kappa shape index (κ2) is 3.68. The number of nitrogens with two attached hydrogens (primary N) is 2. The molecule has 5 nitrogen and oxygen atoms in total. The predicted octanol–water partition coefficient (Wildman–Crippen LogP) is -1.77. The van der Waals surface area contributed by atoms with E-state index < -0.39 is 21.8 Å². The quantitative estimate of drug-likeness (QED) is 0.534. The number of carbonyl (C=O) groups excluding carboxylic acids is 1. The zero-order valence-corrected chi connectivity index (χ0v) is 7.10. The van der Waals surface area contributed by atoms with Crippen molar-refractivity contribution in [2.24, 2.45) is 11.5 Å². The number of hydrogen-bond acceptors (Lipinski definition) is 4. The molecule has 0 aliphatic heterocycles. The van der Waals surface area contributed by atoms with Crippen molar-refractivity contribution in [3.8, 4) is 0 Å². The molecule has 0 radical (unpaired) electrons. The number of primary amides is 1. The lowest BCUT2D eigenvalue weighted by atomic mass is 10.2. The van der Waals surface area contributed by atoms with Gasteiger partial charge in [-0.05, 0) is 6.42 Å². The van der Waals surface area contributed by atoms with Crippen LogP contribution < -0.4 is 11.5 Å².